The molecule has 1 saturated heterocycles. The van der Waals surface area contributed by atoms with Gasteiger partial charge in [0, 0.05) is 30.1 Å². The Balaban J connectivity index is 1.54. The molecule has 4 aliphatic rings. The van der Waals surface area contributed by atoms with Crippen molar-refractivity contribution in [3.63, 3.8) is 0 Å². The molecule has 1 aromatic rings. The summed E-state index contributed by atoms with van der Waals surface area (Å²) in [6.07, 6.45) is 4.32. The molecule has 5 rings (SSSR count). The van der Waals surface area contributed by atoms with Crippen LogP contribution in [0, 0.1) is 17.8 Å². The molecule has 0 amide bonds. The maximum absolute atomic E-state index is 12.6. The highest BCUT2D eigenvalue weighted by atomic mass is 16.7. The summed E-state index contributed by atoms with van der Waals surface area (Å²) in [5, 5.41) is 0. The van der Waals surface area contributed by atoms with Crippen molar-refractivity contribution in [2.45, 2.75) is 38.3 Å². The van der Waals surface area contributed by atoms with Crippen molar-refractivity contribution in [3.05, 3.63) is 35.4 Å². The van der Waals surface area contributed by atoms with Crippen molar-refractivity contribution in [1.29, 1.82) is 0 Å². The van der Waals surface area contributed by atoms with E-state index >= 15 is 0 Å². The van der Waals surface area contributed by atoms with Crippen LogP contribution in [0.2, 0.25) is 0 Å². The number of carbonyl (C=O) groups excluding carboxylic acids is 1. The fraction of sp³-hybridized carbons (Fsp3) is 0.591. The van der Waals surface area contributed by atoms with Gasteiger partial charge in [0.2, 0.25) is 0 Å². The SMILES string of the molecule is CCOC(=O)C1C2CCC3=C(c4ccc(OC)cc4)NOC3(N3CCCC3)C21. The van der Waals surface area contributed by atoms with Gasteiger partial charge in [-0.05, 0) is 62.8 Å². The van der Waals surface area contributed by atoms with E-state index in [1.165, 1.54) is 18.4 Å². The molecule has 4 unspecified atom stereocenters. The molecule has 2 heterocycles. The second kappa shape index (κ2) is 6.78. The van der Waals surface area contributed by atoms with Gasteiger partial charge in [-0.25, -0.2) is 4.84 Å². The largest absolute Gasteiger partial charge is 0.497 e. The van der Waals surface area contributed by atoms with Crippen molar-refractivity contribution in [2.75, 3.05) is 26.8 Å². The molecule has 3 fully saturated rings. The zero-order chi connectivity index (χ0) is 19.3. The van der Waals surface area contributed by atoms with Crippen LogP contribution >= 0.6 is 0 Å². The average molecular weight is 384 g/mol. The van der Waals surface area contributed by atoms with E-state index in [1.54, 1.807) is 7.11 Å². The fourth-order valence-electron chi connectivity index (χ4n) is 5.65. The van der Waals surface area contributed by atoms with Crippen LogP contribution in [0.25, 0.3) is 5.70 Å². The molecule has 150 valence electrons. The van der Waals surface area contributed by atoms with Crippen molar-refractivity contribution < 1.29 is 19.1 Å². The van der Waals surface area contributed by atoms with E-state index in [0.29, 0.717) is 12.5 Å². The topological polar surface area (TPSA) is 60.0 Å². The number of benzene rings is 1. The Morgan fingerprint density at radius 3 is 2.71 bits per heavy atom. The van der Waals surface area contributed by atoms with E-state index in [9.17, 15) is 4.79 Å². The van der Waals surface area contributed by atoms with E-state index in [2.05, 4.69) is 22.5 Å². The number of hydrogen-bond acceptors (Lipinski definition) is 6. The fourth-order valence-corrected chi connectivity index (χ4v) is 5.65. The third-order valence-electron chi connectivity index (χ3n) is 6.90. The number of hydroxylamine groups is 1. The minimum absolute atomic E-state index is 0.0462. The minimum Gasteiger partial charge on any atom is -0.497 e. The number of nitrogens with one attached hydrogen (secondary N) is 1. The summed E-state index contributed by atoms with van der Waals surface area (Å²) in [6.45, 7) is 4.34. The molecule has 28 heavy (non-hydrogen) atoms. The number of fused-ring (bicyclic) bond motifs is 3. The Morgan fingerprint density at radius 2 is 2.04 bits per heavy atom. The maximum atomic E-state index is 12.6. The van der Waals surface area contributed by atoms with E-state index in [1.807, 2.05) is 19.1 Å². The van der Waals surface area contributed by atoms with Crippen molar-refractivity contribution in [2.24, 2.45) is 17.8 Å². The monoisotopic (exact) mass is 384 g/mol. The van der Waals surface area contributed by atoms with Crippen molar-refractivity contribution >= 4 is 11.7 Å². The van der Waals surface area contributed by atoms with Crippen LogP contribution in [0.1, 0.15) is 38.2 Å². The molecule has 0 radical (unpaired) electrons. The van der Waals surface area contributed by atoms with Crippen LogP contribution in [0.5, 0.6) is 5.75 Å². The minimum atomic E-state index is -0.508. The zero-order valence-electron chi connectivity index (χ0n) is 16.6. The summed E-state index contributed by atoms with van der Waals surface area (Å²) in [6, 6.07) is 8.09. The lowest BCUT2D eigenvalue weighted by atomic mass is 9.83. The number of methoxy groups -OCH3 is 1. The van der Waals surface area contributed by atoms with Gasteiger partial charge in [0.15, 0.2) is 5.72 Å². The molecule has 6 heteroatoms. The van der Waals surface area contributed by atoms with Gasteiger partial charge in [0.25, 0.3) is 0 Å². The van der Waals surface area contributed by atoms with Gasteiger partial charge < -0.3 is 9.47 Å². The van der Waals surface area contributed by atoms with Crippen LogP contribution in [0.4, 0.5) is 0 Å². The summed E-state index contributed by atoms with van der Waals surface area (Å²) < 4.78 is 10.7. The quantitative estimate of drug-likeness (QED) is 0.788. The summed E-state index contributed by atoms with van der Waals surface area (Å²) in [7, 11) is 1.68. The Labute approximate surface area is 165 Å². The molecule has 4 atom stereocenters. The van der Waals surface area contributed by atoms with Crippen LogP contribution in [-0.2, 0) is 14.4 Å². The van der Waals surface area contributed by atoms with Crippen molar-refractivity contribution in [3.8, 4) is 5.75 Å². The van der Waals surface area contributed by atoms with E-state index < -0.39 is 5.72 Å². The number of hydrogen-bond donors (Lipinski definition) is 1. The summed E-state index contributed by atoms with van der Waals surface area (Å²) >= 11 is 0. The van der Waals surface area contributed by atoms with E-state index in [0.717, 1.165) is 42.9 Å². The van der Waals surface area contributed by atoms with Crippen LogP contribution < -0.4 is 10.2 Å². The highest BCUT2D eigenvalue weighted by Gasteiger charge is 2.72. The Bertz CT molecular complexity index is 799. The van der Waals surface area contributed by atoms with Gasteiger partial charge in [-0.1, -0.05) is 0 Å². The zero-order valence-corrected chi connectivity index (χ0v) is 16.6. The highest BCUT2D eigenvalue weighted by molar-refractivity contribution is 5.79. The molecule has 2 aliphatic carbocycles. The molecule has 0 aromatic heterocycles. The number of carbonyl (C=O) groups is 1. The van der Waals surface area contributed by atoms with E-state index in [4.69, 9.17) is 14.3 Å². The first kappa shape index (κ1) is 18.0. The molecular weight excluding hydrogens is 356 g/mol. The summed E-state index contributed by atoms with van der Waals surface area (Å²) in [4.78, 5) is 21.5. The predicted octanol–water partition coefficient (Wildman–Crippen LogP) is 2.95. The third kappa shape index (κ3) is 2.51. The molecule has 1 N–H and O–H groups in total. The Kier molecular flexibility index (Phi) is 4.36. The standard InChI is InChI=1S/C22H28N2O4/c1-3-27-21(25)18-16-10-11-17-20(14-6-8-15(26-2)9-7-14)23-28-22(17,19(16)18)24-12-4-5-13-24/h6-9,16,18-19,23H,3-5,10-13H2,1-2H3. The Hall–Kier alpha value is -2.05. The van der Waals surface area contributed by atoms with Gasteiger partial charge in [0.05, 0.1) is 25.3 Å². The number of rotatable bonds is 5. The summed E-state index contributed by atoms with van der Waals surface area (Å²) in [5.41, 5.74) is 6.21. The van der Waals surface area contributed by atoms with Gasteiger partial charge in [-0.15, -0.1) is 0 Å². The van der Waals surface area contributed by atoms with Crippen LogP contribution in [-0.4, -0.2) is 43.4 Å². The van der Waals surface area contributed by atoms with Crippen LogP contribution in [0.15, 0.2) is 29.8 Å². The van der Waals surface area contributed by atoms with Gasteiger partial charge in [0.1, 0.15) is 5.75 Å². The molecular formula is C22H28N2O4. The molecule has 6 nitrogen and oxygen atoms in total. The van der Waals surface area contributed by atoms with E-state index in [-0.39, 0.29) is 17.8 Å². The lowest BCUT2D eigenvalue weighted by molar-refractivity contribution is -0.165. The van der Waals surface area contributed by atoms with Crippen LogP contribution in [0.3, 0.4) is 0 Å². The molecule has 1 aromatic carbocycles. The third-order valence-corrected chi connectivity index (χ3v) is 6.90. The van der Waals surface area contributed by atoms with Gasteiger partial charge in [-0.3, -0.25) is 15.2 Å². The predicted molar refractivity (Wildman–Crippen MR) is 104 cm³/mol. The maximum Gasteiger partial charge on any atom is 0.309 e. The number of esters is 1. The molecule has 2 saturated carbocycles. The first-order valence-corrected chi connectivity index (χ1v) is 10.4. The smallest absolute Gasteiger partial charge is 0.309 e. The second-order valence-electron chi connectivity index (χ2n) is 8.18. The number of nitrogens with zero attached hydrogens (tertiary/aromatic N) is 1. The average Bonchev–Trinajstić information content (AvgIpc) is 3.07. The molecule has 0 spiro atoms. The number of likely N-dealkylation sites (tertiary alicyclic amines) is 1. The molecule has 2 aliphatic heterocycles. The lowest BCUT2D eigenvalue weighted by Crippen LogP contribution is -2.53. The van der Waals surface area contributed by atoms with Crippen molar-refractivity contribution in [1.82, 2.24) is 10.4 Å². The number of ether oxygens (including phenoxy) is 2. The van der Waals surface area contributed by atoms with Gasteiger partial charge in [-0.2, -0.15) is 0 Å². The summed E-state index contributed by atoms with van der Waals surface area (Å²) in [5.74, 6) is 1.28. The first-order valence-electron chi connectivity index (χ1n) is 10.4. The first-order chi connectivity index (χ1) is 13.7. The normalized spacial score (nSPS) is 33.9. The highest BCUT2D eigenvalue weighted by Crippen LogP contribution is 2.66. The molecule has 0 bridgehead atoms. The Morgan fingerprint density at radius 1 is 1.29 bits per heavy atom. The second-order valence-corrected chi connectivity index (χ2v) is 8.18. The lowest BCUT2D eigenvalue weighted by Gasteiger charge is -2.41. The van der Waals surface area contributed by atoms with Gasteiger partial charge >= 0.3 is 5.97 Å².